The summed E-state index contributed by atoms with van der Waals surface area (Å²) in [5, 5.41) is 0. The molecule has 0 saturated carbocycles. The van der Waals surface area contributed by atoms with E-state index >= 15 is 0 Å². The van der Waals surface area contributed by atoms with Crippen molar-refractivity contribution in [3.63, 3.8) is 0 Å². The first-order chi connectivity index (χ1) is 8.93. The van der Waals surface area contributed by atoms with Crippen molar-refractivity contribution in [3.8, 4) is 0 Å². The van der Waals surface area contributed by atoms with Crippen LogP contribution in [-0.4, -0.2) is 18.4 Å². The van der Waals surface area contributed by atoms with Gasteiger partial charge in [0.1, 0.15) is 11.6 Å². The van der Waals surface area contributed by atoms with Crippen molar-refractivity contribution in [2.45, 2.75) is 40.0 Å². The Hall–Kier alpha value is -1.71. The Labute approximate surface area is 112 Å². The van der Waals surface area contributed by atoms with E-state index in [-0.39, 0.29) is 30.9 Å². The molecule has 0 fully saturated rings. The van der Waals surface area contributed by atoms with Crippen molar-refractivity contribution < 1.29 is 18.7 Å². The zero-order valence-corrected chi connectivity index (χ0v) is 11.6. The topological polar surface area (TPSA) is 43.4 Å². The molecule has 0 aliphatic heterocycles. The van der Waals surface area contributed by atoms with Gasteiger partial charge in [0.15, 0.2) is 0 Å². The van der Waals surface area contributed by atoms with Gasteiger partial charge in [-0.2, -0.15) is 0 Å². The summed E-state index contributed by atoms with van der Waals surface area (Å²) < 4.78 is 18.5. The van der Waals surface area contributed by atoms with Crippen molar-refractivity contribution in [3.05, 3.63) is 34.6 Å². The standard InChI is InChI=1S/C15H19FO3/c1-4-19-15(18)6-5-12(17)9-13-11(3)7-10(2)8-14(13)16/h7-8H,4-6,9H2,1-3H3. The van der Waals surface area contributed by atoms with Gasteiger partial charge in [-0.15, -0.1) is 0 Å². The van der Waals surface area contributed by atoms with Gasteiger partial charge in [0, 0.05) is 12.8 Å². The van der Waals surface area contributed by atoms with Gasteiger partial charge < -0.3 is 4.74 Å². The SMILES string of the molecule is CCOC(=O)CCC(=O)Cc1c(C)cc(C)cc1F. The molecule has 0 amide bonds. The van der Waals surface area contributed by atoms with Crippen LogP contribution in [0.4, 0.5) is 4.39 Å². The number of aryl methyl sites for hydroxylation is 2. The van der Waals surface area contributed by atoms with Gasteiger partial charge in [0.05, 0.1) is 13.0 Å². The second-order valence-electron chi connectivity index (χ2n) is 4.56. The molecular formula is C15H19FO3. The van der Waals surface area contributed by atoms with Gasteiger partial charge in [-0.05, 0) is 43.5 Å². The first kappa shape index (κ1) is 15.3. The van der Waals surface area contributed by atoms with Crippen LogP contribution < -0.4 is 0 Å². The van der Waals surface area contributed by atoms with E-state index < -0.39 is 5.97 Å². The molecule has 0 heterocycles. The first-order valence-corrected chi connectivity index (χ1v) is 6.37. The van der Waals surface area contributed by atoms with E-state index in [2.05, 4.69) is 0 Å². The molecule has 4 heteroatoms. The summed E-state index contributed by atoms with van der Waals surface area (Å²) in [5.74, 6) is -0.905. The fourth-order valence-electron chi connectivity index (χ4n) is 1.93. The zero-order valence-electron chi connectivity index (χ0n) is 11.6. The highest BCUT2D eigenvalue weighted by Gasteiger charge is 2.13. The number of ketones is 1. The summed E-state index contributed by atoms with van der Waals surface area (Å²) in [7, 11) is 0. The molecule has 0 aliphatic rings. The molecule has 0 saturated heterocycles. The molecule has 0 radical (unpaired) electrons. The van der Waals surface area contributed by atoms with Crippen LogP contribution in [0.15, 0.2) is 12.1 Å². The van der Waals surface area contributed by atoms with Crippen molar-refractivity contribution in [2.75, 3.05) is 6.61 Å². The average molecular weight is 266 g/mol. The van der Waals surface area contributed by atoms with Crippen molar-refractivity contribution >= 4 is 11.8 Å². The number of halogens is 1. The Morgan fingerprint density at radius 2 is 1.89 bits per heavy atom. The molecule has 0 N–H and O–H groups in total. The Morgan fingerprint density at radius 3 is 2.47 bits per heavy atom. The van der Waals surface area contributed by atoms with Gasteiger partial charge >= 0.3 is 5.97 Å². The number of hydrogen-bond acceptors (Lipinski definition) is 3. The third-order valence-corrected chi connectivity index (χ3v) is 2.85. The van der Waals surface area contributed by atoms with Crippen molar-refractivity contribution in [2.24, 2.45) is 0 Å². The van der Waals surface area contributed by atoms with E-state index in [1.807, 2.05) is 13.0 Å². The zero-order chi connectivity index (χ0) is 14.4. The van der Waals surface area contributed by atoms with Gasteiger partial charge in [0.2, 0.25) is 0 Å². The van der Waals surface area contributed by atoms with E-state index in [1.54, 1.807) is 13.8 Å². The Bertz CT molecular complexity index is 457. The molecule has 3 nitrogen and oxygen atoms in total. The number of carbonyl (C=O) groups is 2. The summed E-state index contributed by atoms with van der Waals surface area (Å²) >= 11 is 0. The maximum absolute atomic E-state index is 13.7. The maximum atomic E-state index is 13.7. The fraction of sp³-hybridized carbons (Fsp3) is 0.467. The number of benzene rings is 1. The van der Waals surface area contributed by atoms with Crippen LogP contribution in [0, 0.1) is 19.7 Å². The molecule has 19 heavy (non-hydrogen) atoms. The molecule has 0 unspecified atom stereocenters. The van der Waals surface area contributed by atoms with Crippen LogP contribution in [0.5, 0.6) is 0 Å². The average Bonchev–Trinajstić information content (AvgIpc) is 2.31. The quantitative estimate of drug-likeness (QED) is 0.744. The summed E-state index contributed by atoms with van der Waals surface area (Å²) in [6.45, 7) is 5.61. The number of esters is 1. The molecule has 1 rings (SSSR count). The number of ether oxygens (including phenoxy) is 1. The minimum absolute atomic E-state index is 0.0252. The van der Waals surface area contributed by atoms with Crippen LogP contribution in [0.25, 0.3) is 0 Å². The van der Waals surface area contributed by atoms with Gasteiger partial charge in [-0.1, -0.05) is 6.07 Å². The molecule has 1 aromatic rings. The van der Waals surface area contributed by atoms with E-state index in [1.165, 1.54) is 6.07 Å². The molecule has 0 aromatic heterocycles. The van der Waals surface area contributed by atoms with Gasteiger partial charge in [-0.25, -0.2) is 4.39 Å². The summed E-state index contributed by atoms with van der Waals surface area (Å²) in [5.41, 5.74) is 2.01. The molecular weight excluding hydrogens is 247 g/mol. The molecule has 0 bridgehead atoms. The van der Waals surface area contributed by atoms with Crippen LogP contribution in [0.1, 0.15) is 36.5 Å². The summed E-state index contributed by atoms with van der Waals surface area (Å²) in [4.78, 5) is 22.9. The van der Waals surface area contributed by atoms with Crippen LogP contribution in [0.3, 0.4) is 0 Å². The smallest absolute Gasteiger partial charge is 0.306 e. The predicted molar refractivity (Wildman–Crippen MR) is 70.5 cm³/mol. The highest BCUT2D eigenvalue weighted by Crippen LogP contribution is 2.17. The predicted octanol–water partition coefficient (Wildman–Crippen LogP) is 2.90. The Kier molecular flexibility index (Phi) is 5.67. The van der Waals surface area contributed by atoms with E-state index in [0.29, 0.717) is 12.2 Å². The fourth-order valence-corrected chi connectivity index (χ4v) is 1.93. The molecule has 1 aromatic carbocycles. The third-order valence-electron chi connectivity index (χ3n) is 2.85. The van der Waals surface area contributed by atoms with E-state index in [4.69, 9.17) is 4.74 Å². The van der Waals surface area contributed by atoms with E-state index in [0.717, 1.165) is 11.1 Å². The lowest BCUT2D eigenvalue weighted by Gasteiger charge is -2.08. The number of Topliss-reactive ketones (excluding diaryl/α,β-unsaturated/α-hetero) is 1. The summed E-state index contributed by atoms with van der Waals surface area (Å²) in [6.07, 6.45) is 0.169. The van der Waals surface area contributed by atoms with Gasteiger partial charge in [0.25, 0.3) is 0 Å². The minimum atomic E-state index is -0.392. The maximum Gasteiger partial charge on any atom is 0.306 e. The van der Waals surface area contributed by atoms with Crippen molar-refractivity contribution in [1.82, 2.24) is 0 Å². The lowest BCUT2D eigenvalue weighted by Crippen LogP contribution is -2.11. The molecule has 0 aliphatic carbocycles. The largest absolute Gasteiger partial charge is 0.466 e. The number of hydrogen-bond donors (Lipinski definition) is 0. The highest BCUT2D eigenvalue weighted by molar-refractivity contribution is 5.84. The Morgan fingerprint density at radius 1 is 1.21 bits per heavy atom. The van der Waals surface area contributed by atoms with Gasteiger partial charge in [-0.3, -0.25) is 9.59 Å². The first-order valence-electron chi connectivity index (χ1n) is 6.37. The second-order valence-corrected chi connectivity index (χ2v) is 4.56. The molecule has 104 valence electrons. The van der Waals surface area contributed by atoms with Crippen molar-refractivity contribution in [1.29, 1.82) is 0 Å². The summed E-state index contributed by atoms with van der Waals surface area (Å²) in [6, 6.07) is 3.26. The number of carbonyl (C=O) groups excluding carboxylic acids is 2. The lowest BCUT2D eigenvalue weighted by molar-refractivity contribution is -0.144. The number of rotatable bonds is 6. The highest BCUT2D eigenvalue weighted by atomic mass is 19.1. The van der Waals surface area contributed by atoms with E-state index in [9.17, 15) is 14.0 Å². The lowest BCUT2D eigenvalue weighted by atomic mass is 9.99. The monoisotopic (exact) mass is 266 g/mol. The van der Waals surface area contributed by atoms with Crippen LogP contribution >= 0.6 is 0 Å². The Balaban J connectivity index is 2.60. The minimum Gasteiger partial charge on any atom is -0.466 e. The molecule has 0 spiro atoms. The second kappa shape index (κ2) is 7.02. The third kappa shape index (κ3) is 4.81. The normalized spacial score (nSPS) is 10.3. The van der Waals surface area contributed by atoms with Crippen LogP contribution in [0.2, 0.25) is 0 Å². The van der Waals surface area contributed by atoms with Crippen LogP contribution in [-0.2, 0) is 20.7 Å². The molecule has 0 atom stereocenters.